The topological polar surface area (TPSA) is 224 Å². The molecule has 5 aliphatic rings. The highest BCUT2D eigenvalue weighted by Crippen LogP contribution is 2.55. The fraction of sp³-hybridized carbons (Fsp3) is 0.389. The van der Waals surface area contributed by atoms with Gasteiger partial charge in [-0.25, -0.2) is 15.0 Å². The Morgan fingerprint density at radius 1 is 0.360 bits per heavy atom. The van der Waals surface area contributed by atoms with Gasteiger partial charge in [0.25, 0.3) is 0 Å². The summed E-state index contributed by atoms with van der Waals surface area (Å²) in [4.78, 5) is 73.7. The van der Waals surface area contributed by atoms with E-state index in [9.17, 15) is 24.0 Å². The van der Waals surface area contributed by atoms with Crippen molar-refractivity contribution in [3.63, 3.8) is 0 Å². The van der Waals surface area contributed by atoms with E-state index >= 15 is 0 Å². The molecule has 0 bridgehead atoms. The first-order valence-electron chi connectivity index (χ1n) is 30.8. The van der Waals surface area contributed by atoms with Crippen molar-refractivity contribution in [2.24, 2.45) is 56.7 Å². The predicted molar refractivity (Wildman–Crippen MR) is 348 cm³/mol. The molecule has 17 heteroatoms. The van der Waals surface area contributed by atoms with E-state index < -0.39 is 0 Å². The Bertz CT molecular complexity index is 3320. The number of aryl methyl sites for hydroxylation is 1. The molecule has 5 saturated carbocycles. The monoisotopic (exact) mass is 1200 g/mol. The molecule has 0 radical (unpaired) electrons. The van der Waals surface area contributed by atoms with E-state index in [1.807, 2.05) is 60.7 Å². The average molecular weight is 1200 g/mol. The molecule has 464 valence electrons. The van der Waals surface area contributed by atoms with Crippen LogP contribution in [0.3, 0.4) is 0 Å². The van der Waals surface area contributed by atoms with Crippen molar-refractivity contribution in [3.05, 3.63) is 164 Å². The Kier molecular flexibility index (Phi) is 18.3. The Morgan fingerprint density at radius 3 is 0.876 bits per heavy atom. The zero-order valence-electron chi connectivity index (χ0n) is 52.7. The van der Waals surface area contributed by atoms with Gasteiger partial charge in [0, 0.05) is 71.4 Å². The van der Waals surface area contributed by atoms with E-state index in [0.717, 1.165) is 74.3 Å². The summed E-state index contributed by atoms with van der Waals surface area (Å²) in [5, 5.41) is 18.1. The number of hydrogen-bond donors (Lipinski definition) is 6. The molecule has 0 spiro atoms. The second kappa shape index (κ2) is 25.9. The maximum absolute atomic E-state index is 12.2. The quantitative estimate of drug-likeness (QED) is 0.0370. The number of aromatic nitrogens is 3. The summed E-state index contributed by atoms with van der Waals surface area (Å²) in [5.41, 5.74) is 6.46. The highest BCUT2D eigenvalue weighted by atomic mass is 16.5. The van der Waals surface area contributed by atoms with E-state index in [-0.39, 0.29) is 86.2 Å². The first kappa shape index (κ1) is 62.9. The van der Waals surface area contributed by atoms with E-state index in [0.29, 0.717) is 46.2 Å². The molecule has 5 atom stereocenters. The van der Waals surface area contributed by atoms with Gasteiger partial charge in [0.05, 0.1) is 35.7 Å². The van der Waals surface area contributed by atoms with Crippen molar-refractivity contribution in [2.45, 2.75) is 114 Å². The molecule has 5 amide bonds. The molecular weight excluding hydrogens is 1120 g/mol. The van der Waals surface area contributed by atoms with Crippen molar-refractivity contribution in [2.75, 3.05) is 38.4 Å². The van der Waals surface area contributed by atoms with Crippen molar-refractivity contribution >= 4 is 63.7 Å². The molecule has 0 aliphatic heterocycles. The number of nitrogens with one attached hydrogen (secondary N) is 6. The van der Waals surface area contributed by atoms with E-state index in [2.05, 4.69) is 140 Å². The van der Waals surface area contributed by atoms with Crippen LogP contribution in [0.1, 0.15) is 113 Å². The van der Waals surface area contributed by atoms with E-state index in [1.165, 1.54) is 5.56 Å². The Labute approximate surface area is 522 Å². The maximum atomic E-state index is 12.2. The Morgan fingerprint density at radius 2 is 0.618 bits per heavy atom. The summed E-state index contributed by atoms with van der Waals surface area (Å²) in [6, 6.07) is 43.4. The Hall–Kier alpha value is -9.12. The van der Waals surface area contributed by atoms with Crippen molar-refractivity contribution < 1.29 is 38.2 Å². The molecule has 12 rings (SSSR count). The third-order valence-corrected chi connectivity index (χ3v) is 17.7. The standard InChI is InChI=1S/C26H29N3O2.2C23H27N3O3/c1-26(2)17-23(26)25(30)29-21-12-15-24(28-18-21)31-22-13-10-20(11-14-22)27-16-6-9-19-7-4-3-5-8-19;2*1-22(2)11-17(22)20(27)25-14-5-8-16(9-6-14)29-19-10-7-15(13-24-19)26-21(28)18-12-23(18,3)4/h3-5,7-8,10-15,18,23,27H,6,9,16-17H2,1-2H3,(H,29,30);2*5-10,13,17-18H,11-12H2,1-4H3,(H,25,27)(H,26,28)/t;17-,18+;17-,18-/m.11/s1. The highest BCUT2D eigenvalue weighted by Gasteiger charge is 2.53. The molecule has 5 aliphatic carbocycles. The minimum Gasteiger partial charge on any atom is -0.439 e. The van der Waals surface area contributed by atoms with Crippen LogP contribution in [0.15, 0.2) is 158 Å². The normalized spacial score (nSPS) is 20.7. The van der Waals surface area contributed by atoms with Crippen LogP contribution in [-0.4, -0.2) is 51.0 Å². The molecule has 7 aromatic rings. The third kappa shape index (κ3) is 17.6. The summed E-state index contributed by atoms with van der Waals surface area (Å²) >= 11 is 0. The van der Waals surface area contributed by atoms with Crippen molar-refractivity contribution in [3.8, 4) is 34.9 Å². The fourth-order valence-corrected chi connectivity index (χ4v) is 10.7. The zero-order valence-corrected chi connectivity index (χ0v) is 52.7. The number of amides is 5. The molecule has 5 fully saturated rings. The van der Waals surface area contributed by atoms with Gasteiger partial charge in [-0.15, -0.1) is 0 Å². The first-order chi connectivity index (χ1) is 42.3. The second-order valence-corrected chi connectivity index (χ2v) is 27.7. The molecule has 0 saturated heterocycles. The van der Waals surface area contributed by atoms with Crippen LogP contribution < -0.4 is 46.1 Å². The third-order valence-electron chi connectivity index (χ3n) is 17.7. The van der Waals surface area contributed by atoms with Gasteiger partial charge >= 0.3 is 0 Å². The number of carbonyl (C=O) groups excluding carboxylic acids is 5. The van der Waals surface area contributed by atoms with Crippen LogP contribution in [-0.2, 0) is 30.4 Å². The first-order valence-corrected chi connectivity index (χ1v) is 30.8. The minimum absolute atomic E-state index is 0.0395. The molecule has 3 aromatic heterocycles. The lowest BCUT2D eigenvalue weighted by Gasteiger charge is -2.09. The van der Waals surface area contributed by atoms with Gasteiger partial charge in [0.2, 0.25) is 47.2 Å². The van der Waals surface area contributed by atoms with Gasteiger partial charge in [-0.2, -0.15) is 0 Å². The predicted octanol–water partition coefficient (Wildman–Crippen LogP) is 15.6. The fourth-order valence-electron chi connectivity index (χ4n) is 10.7. The maximum Gasteiger partial charge on any atom is 0.228 e. The number of pyridine rings is 3. The smallest absolute Gasteiger partial charge is 0.228 e. The number of carbonyl (C=O) groups is 5. The SMILES string of the molecule is CC1(C)CC1C(=O)Nc1ccc(Oc2ccc(NCCCc3ccccc3)cc2)nc1.CC1(C)C[C@@H]1C(=O)Nc1ccc(Oc2ccc(NC(=O)[C@@H]3CC3(C)C)cn2)cc1.CC1(C)C[C@@H]1C(=O)Nc1ccc(Oc2ccc(NC(=O)[C@H]3CC3(C)C)cn2)cc1. The summed E-state index contributed by atoms with van der Waals surface area (Å²) in [7, 11) is 0. The molecular formula is C72H83N9O8. The molecule has 6 N–H and O–H groups in total. The van der Waals surface area contributed by atoms with Crippen LogP contribution in [0.4, 0.5) is 34.1 Å². The highest BCUT2D eigenvalue weighted by molar-refractivity contribution is 5.97. The number of benzene rings is 4. The number of nitrogens with zero attached hydrogens (tertiary/aromatic N) is 3. The second-order valence-electron chi connectivity index (χ2n) is 27.7. The van der Waals surface area contributed by atoms with Gasteiger partial charge in [-0.3, -0.25) is 24.0 Å². The average Bonchev–Trinajstić information content (AvgIpc) is 1.85. The molecule has 89 heavy (non-hydrogen) atoms. The van der Waals surface area contributed by atoms with Crippen molar-refractivity contribution in [1.82, 2.24) is 15.0 Å². The largest absolute Gasteiger partial charge is 0.439 e. The summed E-state index contributed by atoms with van der Waals surface area (Å²) in [6.45, 7) is 21.9. The van der Waals surface area contributed by atoms with Gasteiger partial charge in [0.15, 0.2) is 0 Å². The van der Waals surface area contributed by atoms with E-state index in [4.69, 9.17) is 14.2 Å². The van der Waals surface area contributed by atoms with Crippen LogP contribution in [0.2, 0.25) is 0 Å². The van der Waals surface area contributed by atoms with Gasteiger partial charge in [0.1, 0.15) is 17.2 Å². The summed E-state index contributed by atoms with van der Waals surface area (Å²) in [6.07, 6.45) is 11.6. The summed E-state index contributed by atoms with van der Waals surface area (Å²) < 4.78 is 17.3. The van der Waals surface area contributed by atoms with Crippen LogP contribution in [0.5, 0.6) is 34.9 Å². The van der Waals surface area contributed by atoms with Gasteiger partial charge < -0.3 is 46.1 Å². The van der Waals surface area contributed by atoms with Crippen LogP contribution in [0, 0.1) is 56.7 Å². The summed E-state index contributed by atoms with van der Waals surface area (Å²) in [5.74, 6) is 4.03. The number of anilines is 6. The number of rotatable bonds is 21. The Balaban J connectivity index is 0.000000147. The van der Waals surface area contributed by atoms with Crippen LogP contribution in [0.25, 0.3) is 0 Å². The van der Waals surface area contributed by atoms with E-state index in [1.54, 1.807) is 73.2 Å². The molecule has 1 unspecified atom stereocenters. The van der Waals surface area contributed by atoms with Crippen LogP contribution >= 0.6 is 0 Å². The molecule has 4 aromatic carbocycles. The number of hydrogen-bond acceptors (Lipinski definition) is 12. The lowest BCUT2D eigenvalue weighted by molar-refractivity contribution is -0.118. The van der Waals surface area contributed by atoms with Gasteiger partial charge in [-0.1, -0.05) is 99.6 Å². The minimum atomic E-state index is 0.0395. The molecule has 17 nitrogen and oxygen atoms in total. The zero-order chi connectivity index (χ0) is 63.3. The lowest BCUT2D eigenvalue weighted by atomic mass is 10.1. The lowest BCUT2D eigenvalue weighted by Crippen LogP contribution is -2.16. The van der Waals surface area contributed by atoms with Gasteiger partial charge in [-0.05, 0) is 169 Å². The molecule has 3 heterocycles. The number of ether oxygens (including phenoxy) is 3. The van der Waals surface area contributed by atoms with Crippen molar-refractivity contribution in [1.29, 1.82) is 0 Å².